The van der Waals surface area contributed by atoms with Crippen molar-refractivity contribution in [1.29, 1.82) is 0 Å². The largest absolute Gasteiger partial charge is 0.322 e. The van der Waals surface area contributed by atoms with Crippen LogP contribution in [-0.2, 0) is 0 Å². The van der Waals surface area contributed by atoms with Gasteiger partial charge in [0.15, 0.2) is 0 Å². The first-order valence-corrected chi connectivity index (χ1v) is 7.48. The Morgan fingerprint density at radius 2 is 1.86 bits per heavy atom. The molecule has 0 aliphatic carbocycles. The maximum Gasteiger partial charge on any atom is 0.283 e. The first kappa shape index (κ1) is 15.7. The number of carbonyl (C=O) groups is 1. The van der Waals surface area contributed by atoms with E-state index < -0.39 is 4.92 Å². The van der Waals surface area contributed by atoms with Gasteiger partial charge in [-0.15, -0.1) is 0 Å². The van der Waals surface area contributed by atoms with Crippen molar-refractivity contribution < 1.29 is 9.72 Å². The lowest BCUT2D eigenvalue weighted by molar-refractivity contribution is -0.385. The van der Waals surface area contributed by atoms with Crippen molar-refractivity contribution >= 4 is 49.1 Å². The standard InChI is InChI=1S/C14H10Br2N2O3/c1-8-2-3-9(6-11(8)15)14(19)17-10-4-5-13(18(20)21)12(16)7-10/h2-7H,1H3,(H,17,19). The van der Waals surface area contributed by atoms with Gasteiger partial charge in [-0.05, 0) is 52.7 Å². The fourth-order valence-electron chi connectivity index (χ4n) is 1.67. The molecule has 21 heavy (non-hydrogen) atoms. The average molecular weight is 414 g/mol. The number of hydrogen-bond donors (Lipinski definition) is 1. The van der Waals surface area contributed by atoms with Gasteiger partial charge in [-0.1, -0.05) is 22.0 Å². The molecule has 0 atom stereocenters. The van der Waals surface area contributed by atoms with Crippen LogP contribution in [0.5, 0.6) is 0 Å². The van der Waals surface area contributed by atoms with E-state index in [1.54, 1.807) is 12.1 Å². The molecule has 108 valence electrons. The Labute approximate surface area is 137 Å². The zero-order valence-corrected chi connectivity index (χ0v) is 14.1. The Balaban J connectivity index is 2.21. The summed E-state index contributed by atoms with van der Waals surface area (Å²) in [5.74, 6) is -0.281. The number of nitrogens with zero attached hydrogens (tertiary/aromatic N) is 1. The highest BCUT2D eigenvalue weighted by atomic mass is 79.9. The summed E-state index contributed by atoms with van der Waals surface area (Å²) < 4.78 is 1.16. The van der Waals surface area contributed by atoms with Crippen LogP contribution in [-0.4, -0.2) is 10.8 Å². The summed E-state index contributed by atoms with van der Waals surface area (Å²) in [5, 5.41) is 13.4. The Kier molecular flexibility index (Phi) is 4.74. The topological polar surface area (TPSA) is 72.2 Å². The molecule has 2 aromatic carbocycles. The minimum Gasteiger partial charge on any atom is -0.322 e. The Hall–Kier alpha value is -1.73. The lowest BCUT2D eigenvalue weighted by atomic mass is 10.1. The summed E-state index contributed by atoms with van der Waals surface area (Å²) in [4.78, 5) is 22.4. The number of carbonyl (C=O) groups excluding carboxylic acids is 1. The van der Waals surface area contributed by atoms with Crippen molar-refractivity contribution in [2.75, 3.05) is 5.32 Å². The van der Waals surface area contributed by atoms with Crippen LogP contribution >= 0.6 is 31.9 Å². The number of hydrogen-bond acceptors (Lipinski definition) is 3. The van der Waals surface area contributed by atoms with Crippen molar-refractivity contribution in [2.24, 2.45) is 0 Å². The van der Waals surface area contributed by atoms with Crippen molar-refractivity contribution in [3.63, 3.8) is 0 Å². The van der Waals surface area contributed by atoms with Gasteiger partial charge in [0.1, 0.15) is 0 Å². The number of benzene rings is 2. The minimum absolute atomic E-state index is 0.0499. The number of nitro groups is 1. The summed E-state index contributed by atoms with van der Waals surface area (Å²) in [6.45, 7) is 1.93. The van der Waals surface area contributed by atoms with E-state index in [0.717, 1.165) is 10.0 Å². The van der Waals surface area contributed by atoms with E-state index in [-0.39, 0.29) is 11.6 Å². The van der Waals surface area contributed by atoms with E-state index >= 15 is 0 Å². The lowest BCUT2D eigenvalue weighted by Gasteiger charge is -2.07. The molecular formula is C14H10Br2N2O3. The van der Waals surface area contributed by atoms with E-state index in [2.05, 4.69) is 37.2 Å². The summed E-state index contributed by atoms with van der Waals surface area (Å²) in [6.07, 6.45) is 0. The second-order valence-corrected chi connectivity index (χ2v) is 6.05. The molecule has 0 radical (unpaired) electrons. The lowest BCUT2D eigenvalue weighted by Crippen LogP contribution is -2.12. The van der Waals surface area contributed by atoms with E-state index in [0.29, 0.717) is 15.7 Å². The molecule has 0 fully saturated rings. The third-order valence-electron chi connectivity index (χ3n) is 2.84. The zero-order chi connectivity index (χ0) is 15.6. The number of rotatable bonds is 3. The second kappa shape index (κ2) is 6.36. The van der Waals surface area contributed by atoms with E-state index in [1.807, 2.05) is 13.0 Å². The van der Waals surface area contributed by atoms with Crippen molar-refractivity contribution in [3.05, 3.63) is 66.6 Å². The molecule has 2 aromatic rings. The van der Waals surface area contributed by atoms with Gasteiger partial charge in [-0.3, -0.25) is 14.9 Å². The van der Waals surface area contributed by atoms with Gasteiger partial charge in [0, 0.05) is 21.8 Å². The normalized spacial score (nSPS) is 10.2. The molecule has 1 N–H and O–H groups in total. The van der Waals surface area contributed by atoms with Crippen LogP contribution in [0.4, 0.5) is 11.4 Å². The second-order valence-electron chi connectivity index (χ2n) is 4.34. The average Bonchev–Trinajstić information content (AvgIpc) is 2.41. The quantitative estimate of drug-likeness (QED) is 0.586. The Bertz CT molecular complexity index is 732. The van der Waals surface area contributed by atoms with Gasteiger partial charge in [0.25, 0.3) is 11.6 Å². The summed E-state index contributed by atoms with van der Waals surface area (Å²) in [5.41, 5.74) is 1.96. The van der Waals surface area contributed by atoms with Gasteiger partial charge < -0.3 is 5.32 Å². The van der Waals surface area contributed by atoms with Crippen LogP contribution in [0.1, 0.15) is 15.9 Å². The first-order valence-electron chi connectivity index (χ1n) is 5.90. The first-order chi connectivity index (χ1) is 9.88. The molecule has 0 spiro atoms. The fraction of sp³-hybridized carbons (Fsp3) is 0.0714. The van der Waals surface area contributed by atoms with E-state index in [1.165, 1.54) is 18.2 Å². The van der Waals surface area contributed by atoms with Gasteiger partial charge in [-0.2, -0.15) is 0 Å². The monoisotopic (exact) mass is 412 g/mol. The molecular weight excluding hydrogens is 404 g/mol. The zero-order valence-electron chi connectivity index (χ0n) is 10.9. The minimum atomic E-state index is -0.493. The summed E-state index contributed by atoms with van der Waals surface area (Å²) >= 11 is 6.49. The third kappa shape index (κ3) is 3.68. The van der Waals surface area contributed by atoms with Gasteiger partial charge in [0.2, 0.25) is 0 Å². The molecule has 0 unspecified atom stereocenters. The van der Waals surface area contributed by atoms with Crippen molar-refractivity contribution in [1.82, 2.24) is 0 Å². The smallest absolute Gasteiger partial charge is 0.283 e. The van der Waals surface area contributed by atoms with Crippen LogP contribution < -0.4 is 5.32 Å². The molecule has 0 aliphatic heterocycles. The molecule has 0 saturated carbocycles. The van der Waals surface area contributed by atoms with Crippen LogP contribution in [0.2, 0.25) is 0 Å². The Morgan fingerprint density at radius 3 is 2.43 bits per heavy atom. The number of halogens is 2. The molecule has 0 heterocycles. The molecule has 5 nitrogen and oxygen atoms in total. The highest BCUT2D eigenvalue weighted by Gasteiger charge is 2.13. The van der Waals surface area contributed by atoms with Crippen LogP contribution in [0.3, 0.4) is 0 Å². The molecule has 7 heteroatoms. The Morgan fingerprint density at radius 1 is 1.14 bits per heavy atom. The molecule has 0 aromatic heterocycles. The number of anilines is 1. The highest BCUT2D eigenvalue weighted by Crippen LogP contribution is 2.28. The number of amides is 1. The van der Waals surface area contributed by atoms with Crippen molar-refractivity contribution in [3.8, 4) is 0 Å². The molecule has 0 aliphatic rings. The molecule has 1 amide bonds. The van der Waals surface area contributed by atoms with Crippen LogP contribution in [0.25, 0.3) is 0 Å². The number of nitro benzene ring substituents is 1. The molecule has 2 rings (SSSR count). The van der Waals surface area contributed by atoms with Gasteiger partial charge >= 0.3 is 0 Å². The van der Waals surface area contributed by atoms with Crippen LogP contribution in [0.15, 0.2) is 45.3 Å². The summed E-state index contributed by atoms with van der Waals surface area (Å²) in [7, 11) is 0. The third-order valence-corrected chi connectivity index (χ3v) is 4.33. The predicted molar refractivity (Wildman–Crippen MR) is 87.6 cm³/mol. The SMILES string of the molecule is Cc1ccc(C(=O)Nc2ccc([N+](=O)[O-])c(Br)c2)cc1Br. The fourth-order valence-corrected chi connectivity index (χ4v) is 2.57. The number of aryl methyl sites for hydroxylation is 1. The predicted octanol–water partition coefficient (Wildman–Crippen LogP) is 4.68. The number of nitrogens with one attached hydrogen (secondary N) is 1. The molecule has 0 bridgehead atoms. The van der Waals surface area contributed by atoms with Gasteiger partial charge in [-0.25, -0.2) is 0 Å². The van der Waals surface area contributed by atoms with E-state index in [9.17, 15) is 14.9 Å². The van der Waals surface area contributed by atoms with Crippen molar-refractivity contribution in [2.45, 2.75) is 6.92 Å². The maximum atomic E-state index is 12.1. The maximum absolute atomic E-state index is 12.1. The highest BCUT2D eigenvalue weighted by molar-refractivity contribution is 9.10. The summed E-state index contributed by atoms with van der Waals surface area (Å²) in [6, 6.07) is 9.61. The van der Waals surface area contributed by atoms with Gasteiger partial charge in [0.05, 0.1) is 9.40 Å². The van der Waals surface area contributed by atoms with E-state index in [4.69, 9.17) is 0 Å². The van der Waals surface area contributed by atoms with Crippen LogP contribution in [0, 0.1) is 17.0 Å². The molecule has 0 saturated heterocycles.